The minimum Gasteiger partial charge on any atom is -0.355 e. The van der Waals surface area contributed by atoms with Crippen molar-refractivity contribution in [3.63, 3.8) is 0 Å². The summed E-state index contributed by atoms with van der Waals surface area (Å²) in [7, 11) is 3.03. The average Bonchev–Trinajstić information content (AvgIpc) is 2.53. The Morgan fingerprint density at radius 1 is 0.857 bits per heavy atom. The van der Waals surface area contributed by atoms with Crippen LogP contribution in [-0.2, 0) is 0 Å². The summed E-state index contributed by atoms with van der Waals surface area (Å²) in [6.07, 6.45) is 0. The molecule has 0 aliphatic heterocycles. The second kappa shape index (κ2) is 6.51. The zero-order valence-electron chi connectivity index (χ0n) is 11.8. The monoisotopic (exact) mass is 284 g/mol. The van der Waals surface area contributed by atoms with Gasteiger partial charge >= 0.3 is 0 Å². The number of pyridine rings is 1. The summed E-state index contributed by atoms with van der Waals surface area (Å²) in [5.74, 6) is -0.700. The van der Waals surface area contributed by atoms with Crippen LogP contribution in [-0.4, -0.2) is 30.9 Å². The van der Waals surface area contributed by atoms with Crippen molar-refractivity contribution in [3.8, 4) is 0 Å². The molecule has 0 saturated carbocycles. The van der Waals surface area contributed by atoms with Gasteiger partial charge in [-0.25, -0.2) is 4.98 Å². The molecule has 6 heteroatoms. The highest BCUT2D eigenvalue weighted by atomic mass is 16.2. The number of anilines is 2. The number of hydrogen-bond donors (Lipinski definition) is 3. The molecular formula is C15H16N4O2. The third-order valence-electron chi connectivity index (χ3n) is 2.81. The molecule has 0 saturated heterocycles. The largest absolute Gasteiger partial charge is 0.355 e. The Kier molecular flexibility index (Phi) is 4.50. The van der Waals surface area contributed by atoms with Crippen LogP contribution in [0, 0.1) is 0 Å². The van der Waals surface area contributed by atoms with Gasteiger partial charge in [-0.2, -0.15) is 0 Å². The van der Waals surface area contributed by atoms with Gasteiger partial charge in [-0.15, -0.1) is 0 Å². The molecule has 21 heavy (non-hydrogen) atoms. The van der Waals surface area contributed by atoms with Crippen LogP contribution in [0.5, 0.6) is 0 Å². The molecule has 0 spiro atoms. The van der Waals surface area contributed by atoms with Crippen molar-refractivity contribution in [1.82, 2.24) is 15.6 Å². The van der Waals surface area contributed by atoms with Crippen LogP contribution in [0.2, 0.25) is 0 Å². The Labute approximate surface area is 122 Å². The number of benzene rings is 1. The Morgan fingerprint density at radius 3 is 1.86 bits per heavy atom. The van der Waals surface area contributed by atoms with Crippen LogP contribution in [0.1, 0.15) is 21.0 Å². The molecule has 108 valence electrons. The topological polar surface area (TPSA) is 83.1 Å². The molecule has 1 aromatic heterocycles. The fraction of sp³-hybridized carbons (Fsp3) is 0.133. The lowest BCUT2D eigenvalue weighted by Crippen LogP contribution is -2.24. The molecule has 1 aromatic carbocycles. The molecule has 6 nitrogen and oxygen atoms in total. The molecule has 3 N–H and O–H groups in total. The van der Waals surface area contributed by atoms with E-state index in [4.69, 9.17) is 0 Å². The Hall–Kier alpha value is -2.89. The maximum Gasteiger partial charge on any atom is 0.269 e. The average molecular weight is 284 g/mol. The molecule has 2 rings (SSSR count). The highest BCUT2D eigenvalue weighted by Crippen LogP contribution is 2.18. The van der Waals surface area contributed by atoms with Gasteiger partial charge in [-0.1, -0.05) is 18.2 Å². The number of carbonyl (C=O) groups is 2. The van der Waals surface area contributed by atoms with Crippen LogP contribution < -0.4 is 16.0 Å². The first-order valence-electron chi connectivity index (χ1n) is 6.42. The Morgan fingerprint density at radius 2 is 1.38 bits per heavy atom. The van der Waals surface area contributed by atoms with E-state index in [1.807, 2.05) is 30.3 Å². The van der Waals surface area contributed by atoms with Crippen molar-refractivity contribution in [2.75, 3.05) is 19.4 Å². The third-order valence-corrected chi connectivity index (χ3v) is 2.81. The molecule has 0 fully saturated rings. The van der Waals surface area contributed by atoms with E-state index in [1.54, 1.807) is 12.1 Å². The maximum atomic E-state index is 11.7. The zero-order valence-corrected chi connectivity index (χ0v) is 11.8. The lowest BCUT2D eigenvalue weighted by Gasteiger charge is -2.10. The Bertz CT molecular complexity index is 622. The fourth-order valence-electron chi connectivity index (χ4n) is 1.78. The van der Waals surface area contributed by atoms with Crippen molar-refractivity contribution in [3.05, 3.63) is 53.9 Å². The zero-order chi connectivity index (χ0) is 15.2. The molecule has 2 aromatic rings. The summed E-state index contributed by atoms with van der Waals surface area (Å²) in [4.78, 5) is 27.5. The molecule has 2 amide bonds. The van der Waals surface area contributed by atoms with Crippen molar-refractivity contribution >= 4 is 23.2 Å². The molecule has 0 radical (unpaired) electrons. The summed E-state index contributed by atoms with van der Waals surface area (Å²) >= 11 is 0. The van der Waals surface area contributed by atoms with Gasteiger partial charge in [-0.3, -0.25) is 9.59 Å². The number of nitrogens with one attached hydrogen (secondary N) is 3. The summed E-state index contributed by atoms with van der Waals surface area (Å²) < 4.78 is 0. The number of carbonyl (C=O) groups excluding carboxylic acids is 2. The van der Waals surface area contributed by atoms with Crippen LogP contribution in [0.4, 0.5) is 11.4 Å². The summed E-state index contributed by atoms with van der Waals surface area (Å²) in [5, 5.41) is 8.13. The van der Waals surface area contributed by atoms with Crippen molar-refractivity contribution in [1.29, 1.82) is 0 Å². The van der Waals surface area contributed by atoms with Crippen LogP contribution in [0.25, 0.3) is 0 Å². The molecule has 0 atom stereocenters. The molecule has 0 aliphatic rings. The highest BCUT2D eigenvalue weighted by Gasteiger charge is 2.13. The molecular weight excluding hydrogens is 268 g/mol. The summed E-state index contributed by atoms with van der Waals surface area (Å²) in [6, 6.07) is 12.7. The van der Waals surface area contributed by atoms with Crippen molar-refractivity contribution in [2.45, 2.75) is 0 Å². The smallest absolute Gasteiger partial charge is 0.269 e. The van der Waals surface area contributed by atoms with E-state index in [1.165, 1.54) is 14.1 Å². The van der Waals surface area contributed by atoms with Gasteiger partial charge in [-0.05, 0) is 24.3 Å². The summed E-state index contributed by atoms with van der Waals surface area (Å²) in [6.45, 7) is 0. The van der Waals surface area contributed by atoms with Crippen LogP contribution >= 0.6 is 0 Å². The normalized spacial score (nSPS) is 9.81. The van der Waals surface area contributed by atoms with Gasteiger partial charge < -0.3 is 16.0 Å². The van der Waals surface area contributed by atoms with Crippen LogP contribution in [0.3, 0.4) is 0 Å². The fourth-order valence-corrected chi connectivity index (χ4v) is 1.78. The maximum absolute atomic E-state index is 11.7. The SMILES string of the molecule is CNC(=O)c1cc(Nc2ccccc2)cc(C(=O)NC)n1. The minimum absolute atomic E-state index is 0.178. The van der Waals surface area contributed by atoms with Crippen molar-refractivity contribution < 1.29 is 9.59 Å². The van der Waals surface area contributed by atoms with Gasteiger partial charge in [0.25, 0.3) is 11.8 Å². The first-order valence-corrected chi connectivity index (χ1v) is 6.42. The molecule has 0 bridgehead atoms. The number of hydrogen-bond acceptors (Lipinski definition) is 4. The van der Waals surface area contributed by atoms with Gasteiger partial charge in [0.2, 0.25) is 0 Å². The second-order valence-corrected chi connectivity index (χ2v) is 4.28. The van der Waals surface area contributed by atoms with E-state index < -0.39 is 0 Å². The molecule has 1 heterocycles. The predicted molar refractivity (Wildman–Crippen MR) is 80.7 cm³/mol. The lowest BCUT2D eigenvalue weighted by molar-refractivity contribution is 0.0954. The molecule has 0 aliphatic carbocycles. The standard InChI is InChI=1S/C15H16N4O2/c1-16-14(20)12-8-11(9-13(19-12)15(21)17-2)18-10-6-4-3-5-7-10/h3-9H,1-2H3,(H,16,20)(H,17,21)(H,18,19). The van der Waals surface area contributed by atoms with Gasteiger partial charge in [0.1, 0.15) is 11.4 Å². The van der Waals surface area contributed by atoms with E-state index in [9.17, 15) is 9.59 Å². The minimum atomic E-state index is -0.350. The van der Waals surface area contributed by atoms with E-state index in [2.05, 4.69) is 20.9 Å². The van der Waals surface area contributed by atoms with E-state index in [-0.39, 0.29) is 23.2 Å². The number of aromatic nitrogens is 1. The van der Waals surface area contributed by atoms with E-state index >= 15 is 0 Å². The van der Waals surface area contributed by atoms with Gasteiger partial charge in [0, 0.05) is 25.5 Å². The third kappa shape index (κ3) is 3.56. The van der Waals surface area contributed by atoms with Crippen molar-refractivity contribution in [2.24, 2.45) is 0 Å². The lowest BCUT2D eigenvalue weighted by atomic mass is 10.2. The molecule has 0 unspecified atom stereocenters. The first kappa shape index (κ1) is 14.5. The van der Waals surface area contributed by atoms with Gasteiger partial charge in [0.05, 0.1) is 0 Å². The van der Waals surface area contributed by atoms with E-state index in [0.717, 1.165) is 5.69 Å². The highest BCUT2D eigenvalue weighted by molar-refractivity contribution is 5.97. The predicted octanol–water partition coefficient (Wildman–Crippen LogP) is 1.54. The quantitative estimate of drug-likeness (QED) is 0.795. The Balaban J connectivity index is 2.39. The van der Waals surface area contributed by atoms with Crippen LogP contribution in [0.15, 0.2) is 42.5 Å². The first-order chi connectivity index (χ1) is 10.1. The van der Waals surface area contributed by atoms with Gasteiger partial charge in [0.15, 0.2) is 0 Å². The van der Waals surface area contributed by atoms with E-state index in [0.29, 0.717) is 5.69 Å². The number of para-hydroxylation sites is 1. The number of nitrogens with zero attached hydrogens (tertiary/aromatic N) is 1. The summed E-state index contributed by atoms with van der Waals surface area (Å²) in [5.41, 5.74) is 1.83. The number of amides is 2. The second-order valence-electron chi connectivity index (χ2n) is 4.28. The number of rotatable bonds is 4.